The van der Waals surface area contributed by atoms with Crippen LogP contribution in [-0.2, 0) is 13.2 Å². The Hall–Kier alpha value is -3.88. The summed E-state index contributed by atoms with van der Waals surface area (Å²) in [5.41, 5.74) is 1.19. The molecule has 0 aliphatic carbocycles. The number of ether oxygens (including phenoxy) is 1. The van der Waals surface area contributed by atoms with Crippen molar-refractivity contribution in [3.8, 4) is 5.75 Å². The summed E-state index contributed by atoms with van der Waals surface area (Å²) in [7, 11) is 0. The molecule has 0 aliphatic heterocycles. The van der Waals surface area contributed by atoms with Crippen LogP contribution in [0.25, 0.3) is 5.65 Å². The molecule has 146 valence electrons. The third kappa shape index (κ3) is 4.03. The molecule has 7 nitrogen and oxygen atoms in total. The van der Waals surface area contributed by atoms with Crippen molar-refractivity contribution in [2.75, 3.05) is 0 Å². The number of hydrogen-bond donors (Lipinski definition) is 1. The van der Waals surface area contributed by atoms with Gasteiger partial charge in [-0.05, 0) is 46.8 Å². The van der Waals surface area contributed by atoms with Gasteiger partial charge in [0.15, 0.2) is 5.65 Å². The number of carbonyl (C=O) groups is 1. The molecule has 2 aromatic heterocycles. The lowest BCUT2D eigenvalue weighted by Crippen LogP contribution is -2.24. The monoisotopic (exact) mass is 395 g/mol. The zero-order valence-electron chi connectivity index (χ0n) is 15.0. The SMILES string of the molecule is O=C(NCc1cc(OCc2ccccc2F)ccc1F)c1cccn2nnnc12. The number of benzene rings is 2. The third-order valence-corrected chi connectivity index (χ3v) is 4.28. The molecule has 0 saturated heterocycles. The van der Waals surface area contributed by atoms with Gasteiger partial charge < -0.3 is 10.1 Å². The van der Waals surface area contributed by atoms with E-state index in [1.807, 2.05) is 0 Å². The van der Waals surface area contributed by atoms with E-state index >= 15 is 0 Å². The molecule has 0 bridgehead atoms. The normalized spacial score (nSPS) is 10.8. The molecule has 1 amide bonds. The highest BCUT2D eigenvalue weighted by atomic mass is 19.1. The van der Waals surface area contributed by atoms with Crippen LogP contribution in [0.3, 0.4) is 0 Å². The summed E-state index contributed by atoms with van der Waals surface area (Å²) in [6.45, 7) is -0.0594. The van der Waals surface area contributed by atoms with Crippen LogP contribution in [0.4, 0.5) is 8.78 Å². The van der Waals surface area contributed by atoms with Crippen molar-refractivity contribution in [3.63, 3.8) is 0 Å². The largest absolute Gasteiger partial charge is 0.489 e. The molecule has 0 radical (unpaired) electrons. The zero-order chi connectivity index (χ0) is 20.2. The maximum absolute atomic E-state index is 14.1. The molecule has 2 heterocycles. The predicted octanol–water partition coefficient (Wildman–Crippen LogP) is 2.91. The minimum atomic E-state index is -0.495. The third-order valence-electron chi connectivity index (χ3n) is 4.28. The first kappa shape index (κ1) is 18.5. The standard InChI is InChI=1S/C20H15F2N5O2/c21-17-6-2-1-4-13(17)12-29-15-7-8-18(22)14(10-15)11-23-20(28)16-5-3-9-27-19(16)24-25-26-27/h1-10H,11-12H2,(H,23,28). The highest BCUT2D eigenvalue weighted by Gasteiger charge is 2.14. The Bertz CT molecular complexity index is 1180. The lowest BCUT2D eigenvalue weighted by molar-refractivity contribution is 0.0951. The minimum absolute atomic E-state index is 0.00594. The number of rotatable bonds is 6. The molecule has 0 fully saturated rings. The number of nitrogens with one attached hydrogen (secondary N) is 1. The second-order valence-corrected chi connectivity index (χ2v) is 6.18. The van der Waals surface area contributed by atoms with Crippen LogP contribution in [0.15, 0.2) is 60.8 Å². The van der Waals surface area contributed by atoms with E-state index in [1.165, 1.54) is 28.8 Å². The van der Waals surface area contributed by atoms with E-state index in [9.17, 15) is 13.6 Å². The Balaban J connectivity index is 1.45. The maximum Gasteiger partial charge on any atom is 0.255 e. The summed E-state index contributed by atoms with van der Waals surface area (Å²) in [6.07, 6.45) is 1.61. The number of carbonyl (C=O) groups excluding carboxylic acids is 1. The number of aromatic nitrogens is 4. The number of amides is 1. The summed E-state index contributed by atoms with van der Waals surface area (Å²) < 4.78 is 34.8. The highest BCUT2D eigenvalue weighted by molar-refractivity contribution is 5.99. The lowest BCUT2D eigenvalue weighted by atomic mass is 10.2. The minimum Gasteiger partial charge on any atom is -0.489 e. The number of hydrogen-bond acceptors (Lipinski definition) is 5. The van der Waals surface area contributed by atoms with Crippen LogP contribution in [-0.4, -0.2) is 25.9 Å². The number of fused-ring (bicyclic) bond motifs is 1. The summed E-state index contributed by atoms with van der Waals surface area (Å²) in [5, 5.41) is 13.7. The Morgan fingerprint density at radius 2 is 1.86 bits per heavy atom. The summed E-state index contributed by atoms with van der Waals surface area (Å²) in [6, 6.07) is 13.6. The van der Waals surface area contributed by atoms with Gasteiger partial charge >= 0.3 is 0 Å². The second-order valence-electron chi connectivity index (χ2n) is 6.18. The fourth-order valence-corrected chi connectivity index (χ4v) is 2.77. The molecule has 0 saturated carbocycles. The molecule has 4 rings (SSSR count). The quantitative estimate of drug-likeness (QED) is 0.543. The number of nitrogens with zero attached hydrogens (tertiary/aromatic N) is 4. The summed E-state index contributed by atoms with van der Waals surface area (Å²) in [4.78, 5) is 12.5. The Morgan fingerprint density at radius 3 is 2.72 bits per heavy atom. The van der Waals surface area contributed by atoms with Gasteiger partial charge in [0, 0.05) is 23.9 Å². The van der Waals surface area contributed by atoms with E-state index in [2.05, 4.69) is 20.8 Å². The van der Waals surface area contributed by atoms with Crippen LogP contribution in [0.5, 0.6) is 5.75 Å². The molecular weight excluding hydrogens is 380 g/mol. The molecular formula is C20H15F2N5O2. The fraction of sp³-hybridized carbons (Fsp3) is 0.100. The Labute approximate surface area is 163 Å². The van der Waals surface area contributed by atoms with E-state index in [4.69, 9.17) is 4.74 Å². The highest BCUT2D eigenvalue weighted by Crippen LogP contribution is 2.19. The van der Waals surface area contributed by atoms with Gasteiger partial charge in [0.25, 0.3) is 5.91 Å². The van der Waals surface area contributed by atoms with E-state index < -0.39 is 11.7 Å². The first-order chi connectivity index (χ1) is 14.1. The number of tetrazole rings is 1. The summed E-state index contributed by atoms with van der Waals surface area (Å²) in [5.74, 6) is -0.949. The van der Waals surface area contributed by atoms with Crippen molar-refractivity contribution in [3.05, 3.63) is 89.1 Å². The van der Waals surface area contributed by atoms with E-state index in [0.717, 1.165) is 0 Å². The zero-order valence-corrected chi connectivity index (χ0v) is 15.0. The van der Waals surface area contributed by atoms with Crippen LogP contribution in [0.2, 0.25) is 0 Å². The number of pyridine rings is 1. The van der Waals surface area contributed by atoms with Crippen LogP contribution in [0.1, 0.15) is 21.5 Å². The van der Waals surface area contributed by atoms with Crippen LogP contribution >= 0.6 is 0 Å². The van der Waals surface area contributed by atoms with E-state index in [1.54, 1.807) is 36.5 Å². The topological polar surface area (TPSA) is 81.4 Å². The molecule has 0 aliphatic rings. The molecule has 29 heavy (non-hydrogen) atoms. The molecule has 9 heteroatoms. The molecule has 2 aromatic carbocycles. The van der Waals surface area contributed by atoms with Gasteiger partial charge in [-0.3, -0.25) is 4.79 Å². The van der Waals surface area contributed by atoms with Crippen LogP contribution in [0, 0.1) is 11.6 Å². The first-order valence-corrected chi connectivity index (χ1v) is 8.71. The van der Waals surface area contributed by atoms with Crippen molar-refractivity contribution < 1.29 is 18.3 Å². The van der Waals surface area contributed by atoms with Crippen molar-refractivity contribution in [2.24, 2.45) is 0 Å². The fourth-order valence-electron chi connectivity index (χ4n) is 2.77. The molecule has 0 spiro atoms. The van der Waals surface area contributed by atoms with Gasteiger partial charge in [0.05, 0.1) is 5.56 Å². The van der Waals surface area contributed by atoms with Crippen molar-refractivity contribution in [1.82, 2.24) is 25.4 Å². The second kappa shape index (κ2) is 8.01. The molecule has 0 atom stereocenters. The Morgan fingerprint density at radius 1 is 1.03 bits per heavy atom. The average molecular weight is 395 g/mol. The van der Waals surface area contributed by atoms with E-state index in [-0.39, 0.29) is 30.1 Å². The van der Waals surface area contributed by atoms with Crippen molar-refractivity contribution in [2.45, 2.75) is 13.2 Å². The molecule has 1 N–H and O–H groups in total. The van der Waals surface area contributed by atoms with E-state index in [0.29, 0.717) is 17.0 Å². The molecule has 0 unspecified atom stereocenters. The van der Waals surface area contributed by atoms with Crippen LogP contribution < -0.4 is 10.1 Å². The van der Waals surface area contributed by atoms with Crippen molar-refractivity contribution >= 4 is 11.6 Å². The average Bonchev–Trinajstić information content (AvgIpc) is 3.22. The summed E-state index contributed by atoms with van der Waals surface area (Å²) >= 11 is 0. The smallest absolute Gasteiger partial charge is 0.255 e. The van der Waals surface area contributed by atoms with Gasteiger partial charge in [0.2, 0.25) is 0 Å². The number of halogens is 2. The van der Waals surface area contributed by atoms with Gasteiger partial charge in [-0.1, -0.05) is 18.2 Å². The van der Waals surface area contributed by atoms with Gasteiger partial charge in [-0.2, -0.15) is 4.52 Å². The molecule has 4 aromatic rings. The lowest BCUT2D eigenvalue weighted by Gasteiger charge is -2.11. The maximum atomic E-state index is 14.1. The Kier molecular flexibility index (Phi) is 5.10. The van der Waals surface area contributed by atoms with Gasteiger partial charge in [-0.25, -0.2) is 8.78 Å². The predicted molar refractivity (Wildman–Crippen MR) is 99.1 cm³/mol. The van der Waals surface area contributed by atoms with Gasteiger partial charge in [-0.15, -0.1) is 5.10 Å². The van der Waals surface area contributed by atoms with Crippen molar-refractivity contribution in [1.29, 1.82) is 0 Å². The first-order valence-electron chi connectivity index (χ1n) is 8.71. The van der Waals surface area contributed by atoms with Gasteiger partial charge in [0.1, 0.15) is 24.0 Å².